The predicted molar refractivity (Wildman–Crippen MR) is 119 cm³/mol. The molecule has 1 aliphatic rings. The summed E-state index contributed by atoms with van der Waals surface area (Å²) in [6.07, 6.45) is 0.0594. The quantitative estimate of drug-likeness (QED) is 0.511. The normalized spacial score (nSPS) is 18.4. The van der Waals surface area contributed by atoms with Crippen LogP contribution in [0.4, 0.5) is 5.69 Å². The highest BCUT2D eigenvalue weighted by Crippen LogP contribution is 2.25. The van der Waals surface area contributed by atoms with Gasteiger partial charge in [-0.2, -0.15) is 5.10 Å². The molecular weight excluding hydrogens is 432 g/mol. The molecule has 2 amide bonds. The highest BCUT2D eigenvalue weighted by atomic mass is 35.5. The summed E-state index contributed by atoms with van der Waals surface area (Å²) in [5, 5.41) is 13.4. The largest absolute Gasteiger partial charge is 0.494 e. The molecule has 152 valence electrons. The molecule has 1 saturated heterocycles. The molecule has 10 heteroatoms. The van der Waals surface area contributed by atoms with Crippen molar-refractivity contribution < 1.29 is 14.3 Å². The van der Waals surface area contributed by atoms with Gasteiger partial charge in [-0.05, 0) is 38.1 Å². The lowest BCUT2D eigenvalue weighted by Gasteiger charge is -2.21. The summed E-state index contributed by atoms with van der Waals surface area (Å²) in [7, 11) is 0. The van der Waals surface area contributed by atoms with Crippen molar-refractivity contribution in [2.24, 2.45) is 10.2 Å². The number of benzene rings is 1. The van der Waals surface area contributed by atoms with Crippen molar-refractivity contribution in [2.75, 3.05) is 11.9 Å². The van der Waals surface area contributed by atoms with Gasteiger partial charge in [-0.1, -0.05) is 29.4 Å². The zero-order valence-corrected chi connectivity index (χ0v) is 18.2. The third-order valence-corrected chi connectivity index (χ3v) is 6.21. The molecule has 1 aliphatic heterocycles. The molecule has 2 N–H and O–H groups in total. The summed E-state index contributed by atoms with van der Waals surface area (Å²) in [6.45, 7) is 4.23. The van der Waals surface area contributed by atoms with Gasteiger partial charge in [0.15, 0.2) is 5.17 Å². The lowest BCUT2D eigenvalue weighted by molar-refractivity contribution is -0.123. The van der Waals surface area contributed by atoms with E-state index in [1.165, 1.54) is 11.3 Å². The Labute approximate surface area is 181 Å². The Morgan fingerprint density at radius 3 is 2.93 bits per heavy atom. The van der Waals surface area contributed by atoms with E-state index in [4.69, 9.17) is 16.3 Å². The van der Waals surface area contributed by atoms with Crippen molar-refractivity contribution in [1.82, 2.24) is 5.32 Å². The van der Waals surface area contributed by atoms with Crippen LogP contribution < -0.4 is 15.4 Å². The second-order valence-corrected chi connectivity index (χ2v) is 8.91. The van der Waals surface area contributed by atoms with Crippen LogP contribution in [0.2, 0.25) is 4.34 Å². The monoisotopic (exact) mass is 450 g/mol. The number of thiophene rings is 1. The van der Waals surface area contributed by atoms with Crippen LogP contribution in [0, 0.1) is 0 Å². The Morgan fingerprint density at radius 2 is 2.21 bits per heavy atom. The number of anilines is 1. The van der Waals surface area contributed by atoms with Crippen LogP contribution in [-0.2, 0) is 9.59 Å². The third kappa shape index (κ3) is 6.06. The smallest absolute Gasteiger partial charge is 0.238 e. The molecular formula is C19H19ClN4O3S2. The van der Waals surface area contributed by atoms with Gasteiger partial charge >= 0.3 is 0 Å². The first-order chi connectivity index (χ1) is 13.9. The minimum Gasteiger partial charge on any atom is -0.494 e. The Bertz CT molecular complexity index is 974. The molecule has 2 heterocycles. The number of carbonyl (C=O) groups excluding carboxylic acids is 2. The summed E-state index contributed by atoms with van der Waals surface area (Å²) < 4.78 is 6.10. The Balaban J connectivity index is 1.68. The minimum absolute atomic E-state index is 0.0594. The fourth-order valence-corrected chi connectivity index (χ4v) is 4.38. The van der Waals surface area contributed by atoms with Crippen LogP contribution in [0.3, 0.4) is 0 Å². The van der Waals surface area contributed by atoms with Gasteiger partial charge in [0.05, 0.1) is 21.5 Å². The van der Waals surface area contributed by atoms with Gasteiger partial charge < -0.3 is 15.4 Å². The lowest BCUT2D eigenvalue weighted by Crippen LogP contribution is -2.41. The number of hydrogen-bond donors (Lipinski definition) is 2. The maximum atomic E-state index is 12.6. The number of nitrogens with one attached hydrogen (secondary N) is 2. The van der Waals surface area contributed by atoms with E-state index in [1.54, 1.807) is 31.2 Å². The summed E-state index contributed by atoms with van der Waals surface area (Å²) in [4.78, 5) is 25.5. The topological polar surface area (TPSA) is 92.1 Å². The minimum atomic E-state index is -0.607. The first-order valence-electron chi connectivity index (χ1n) is 8.82. The molecule has 0 saturated carbocycles. The van der Waals surface area contributed by atoms with E-state index < -0.39 is 5.25 Å². The molecule has 3 rings (SSSR count). The Hall–Kier alpha value is -2.36. The van der Waals surface area contributed by atoms with E-state index in [0.29, 0.717) is 28.1 Å². The van der Waals surface area contributed by atoms with Gasteiger partial charge in [0.1, 0.15) is 11.0 Å². The van der Waals surface area contributed by atoms with Crippen LogP contribution in [0.5, 0.6) is 5.75 Å². The van der Waals surface area contributed by atoms with Gasteiger partial charge in [0.25, 0.3) is 0 Å². The predicted octanol–water partition coefficient (Wildman–Crippen LogP) is 4.14. The molecule has 29 heavy (non-hydrogen) atoms. The highest BCUT2D eigenvalue weighted by molar-refractivity contribution is 8.15. The number of halogens is 1. The SMILES string of the molecule is CCOc1cccc(NC(=O)C2CC(=O)NC(=NN=C(C)c3ccc(Cl)s3)S2)c1. The maximum absolute atomic E-state index is 12.6. The molecule has 2 aromatic rings. The standard InChI is InChI=1S/C19H19ClN4O3S2/c1-3-27-13-6-4-5-12(9-13)21-18(26)15-10-17(25)22-19(29-15)24-23-11(2)14-7-8-16(20)28-14/h4-9,15H,3,10H2,1-2H3,(H,21,26)(H,22,24,25). The lowest BCUT2D eigenvalue weighted by atomic mass is 10.2. The second kappa shape index (κ2) is 9.91. The van der Waals surface area contributed by atoms with Gasteiger partial charge in [-0.15, -0.1) is 16.4 Å². The van der Waals surface area contributed by atoms with Crippen molar-refractivity contribution in [3.63, 3.8) is 0 Å². The molecule has 1 aromatic carbocycles. The van der Waals surface area contributed by atoms with Crippen LogP contribution in [0.1, 0.15) is 25.1 Å². The number of amides is 2. The van der Waals surface area contributed by atoms with E-state index in [9.17, 15) is 9.59 Å². The molecule has 0 spiro atoms. The molecule has 1 aromatic heterocycles. The Morgan fingerprint density at radius 1 is 1.38 bits per heavy atom. The summed E-state index contributed by atoms with van der Waals surface area (Å²) in [5.74, 6) is 0.106. The third-order valence-electron chi connectivity index (χ3n) is 3.80. The van der Waals surface area contributed by atoms with E-state index >= 15 is 0 Å². The van der Waals surface area contributed by atoms with Crippen molar-refractivity contribution in [2.45, 2.75) is 25.5 Å². The number of nitrogens with zero attached hydrogens (tertiary/aromatic N) is 2. The number of thioether (sulfide) groups is 1. The molecule has 0 radical (unpaired) electrons. The van der Waals surface area contributed by atoms with Gasteiger partial charge in [0.2, 0.25) is 11.8 Å². The number of ether oxygens (including phenoxy) is 1. The Kier molecular flexibility index (Phi) is 7.29. The fraction of sp³-hybridized carbons (Fsp3) is 0.263. The number of rotatable bonds is 6. The number of carbonyl (C=O) groups is 2. The summed E-state index contributed by atoms with van der Waals surface area (Å²) >= 11 is 8.49. The molecule has 1 atom stereocenters. The van der Waals surface area contributed by atoms with E-state index in [1.807, 2.05) is 19.1 Å². The summed E-state index contributed by atoms with van der Waals surface area (Å²) in [5.41, 5.74) is 1.28. The van der Waals surface area contributed by atoms with Gasteiger partial charge in [-0.25, -0.2) is 0 Å². The van der Waals surface area contributed by atoms with E-state index in [2.05, 4.69) is 20.8 Å². The molecule has 0 aliphatic carbocycles. The van der Waals surface area contributed by atoms with E-state index in [-0.39, 0.29) is 23.4 Å². The van der Waals surface area contributed by atoms with Crippen LogP contribution in [0.25, 0.3) is 0 Å². The number of amidine groups is 1. The zero-order chi connectivity index (χ0) is 20.8. The average Bonchev–Trinajstić information content (AvgIpc) is 3.13. The van der Waals surface area contributed by atoms with Crippen LogP contribution in [-0.4, -0.2) is 34.6 Å². The molecule has 1 unspecified atom stereocenters. The highest BCUT2D eigenvalue weighted by Gasteiger charge is 2.30. The second-order valence-electron chi connectivity index (χ2n) is 6.00. The first kappa shape index (κ1) is 21.4. The first-order valence-corrected chi connectivity index (χ1v) is 10.9. The average molecular weight is 451 g/mol. The fourth-order valence-electron chi connectivity index (χ4n) is 2.47. The van der Waals surface area contributed by atoms with Gasteiger partial charge in [-0.3, -0.25) is 9.59 Å². The van der Waals surface area contributed by atoms with Crippen molar-refractivity contribution in [3.05, 3.63) is 45.6 Å². The van der Waals surface area contributed by atoms with Crippen molar-refractivity contribution in [3.8, 4) is 5.75 Å². The molecule has 0 bridgehead atoms. The maximum Gasteiger partial charge on any atom is 0.238 e. The van der Waals surface area contributed by atoms with Crippen molar-refractivity contribution >= 4 is 63.1 Å². The van der Waals surface area contributed by atoms with Crippen LogP contribution >= 0.6 is 34.7 Å². The van der Waals surface area contributed by atoms with Gasteiger partial charge in [0, 0.05) is 18.2 Å². The molecule has 7 nitrogen and oxygen atoms in total. The molecule has 1 fully saturated rings. The zero-order valence-electron chi connectivity index (χ0n) is 15.8. The summed E-state index contributed by atoms with van der Waals surface area (Å²) in [6, 6.07) is 10.7. The van der Waals surface area contributed by atoms with E-state index in [0.717, 1.165) is 16.6 Å². The van der Waals surface area contributed by atoms with Crippen LogP contribution in [0.15, 0.2) is 46.6 Å². The number of hydrogen-bond acceptors (Lipinski definition) is 7. The van der Waals surface area contributed by atoms with Crippen molar-refractivity contribution in [1.29, 1.82) is 0 Å².